The molecule has 0 amide bonds. The largest absolute Gasteiger partial charge is 0.390 e. The molecule has 0 aromatic rings. The molecule has 2 rings (SSSR count). The van der Waals surface area contributed by atoms with Crippen molar-refractivity contribution in [2.45, 2.75) is 84.2 Å². The highest BCUT2D eigenvalue weighted by molar-refractivity contribution is 4.91. The molecule has 0 aliphatic heterocycles. The predicted octanol–water partition coefficient (Wildman–Crippen LogP) is 4.53. The van der Waals surface area contributed by atoms with E-state index in [2.05, 4.69) is 13.8 Å². The van der Waals surface area contributed by atoms with Gasteiger partial charge in [0.2, 0.25) is 0 Å². The van der Waals surface area contributed by atoms with E-state index in [1.807, 2.05) is 6.92 Å². The maximum atomic E-state index is 10.4. The molecule has 100 valence electrons. The lowest BCUT2D eigenvalue weighted by molar-refractivity contribution is -0.00743. The average molecular weight is 238 g/mol. The molecule has 0 heterocycles. The lowest BCUT2D eigenvalue weighted by Crippen LogP contribution is -2.35. The summed E-state index contributed by atoms with van der Waals surface area (Å²) in [5.74, 6) is 1.71. The monoisotopic (exact) mass is 238 g/mol. The fourth-order valence-corrected chi connectivity index (χ4v) is 4.23. The highest BCUT2D eigenvalue weighted by Gasteiger charge is 2.40. The van der Waals surface area contributed by atoms with E-state index in [1.165, 1.54) is 44.9 Å². The third kappa shape index (κ3) is 3.24. The zero-order valence-corrected chi connectivity index (χ0v) is 12.0. The summed E-state index contributed by atoms with van der Waals surface area (Å²) >= 11 is 0. The van der Waals surface area contributed by atoms with Gasteiger partial charge in [-0.05, 0) is 69.1 Å². The zero-order chi connectivity index (χ0) is 12.5. The summed E-state index contributed by atoms with van der Waals surface area (Å²) in [4.78, 5) is 0. The third-order valence-corrected chi connectivity index (χ3v) is 5.57. The van der Waals surface area contributed by atoms with Crippen LogP contribution in [0.3, 0.4) is 0 Å². The molecule has 2 fully saturated rings. The maximum Gasteiger partial charge on any atom is 0.0620 e. The van der Waals surface area contributed by atoms with E-state index >= 15 is 0 Å². The normalized spacial score (nSPS) is 45.5. The summed E-state index contributed by atoms with van der Waals surface area (Å²) in [7, 11) is 0. The van der Waals surface area contributed by atoms with Crippen molar-refractivity contribution in [1.29, 1.82) is 0 Å². The molecule has 2 saturated carbocycles. The molecule has 0 aromatic carbocycles. The molecule has 2 aliphatic carbocycles. The highest BCUT2D eigenvalue weighted by atomic mass is 16.3. The summed E-state index contributed by atoms with van der Waals surface area (Å²) in [6.07, 6.45) is 11.6. The molecule has 0 bridgehead atoms. The van der Waals surface area contributed by atoms with Crippen LogP contribution < -0.4 is 0 Å². The Kier molecular flexibility index (Phi) is 3.87. The second-order valence-corrected chi connectivity index (χ2v) is 7.48. The molecule has 3 atom stereocenters. The molecule has 3 unspecified atom stereocenters. The Bertz CT molecular complexity index is 252. The van der Waals surface area contributed by atoms with Gasteiger partial charge in [0.1, 0.15) is 0 Å². The number of rotatable bonds is 1. The van der Waals surface area contributed by atoms with Crippen LogP contribution in [0.4, 0.5) is 0 Å². The first-order valence-corrected chi connectivity index (χ1v) is 7.64. The van der Waals surface area contributed by atoms with Crippen molar-refractivity contribution >= 4 is 0 Å². The Morgan fingerprint density at radius 2 is 1.59 bits per heavy atom. The Balaban J connectivity index is 2.08. The number of hydrogen-bond donors (Lipinski definition) is 1. The minimum absolute atomic E-state index is 0.408. The Hall–Kier alpha value is -0.0400. The van der Waals surface area contributed by atoms with Crippen LogP contribution in [0, 0.1) is 17.3 Å². The van der Waals surface area contributed by atoms with E-state index in [9.17, 15) is 5.11 Å². The first kappa shape index (κ1) is 13.4. The number of hydrogen-bond acceptors (Lipinski definition) is 1. The van der Waals surface area contributed by atoms with Crippen LogP contribution in [0.15, 0.2) is 0 Å². The van der Waals surface area contributed by atoms with Gasteiger partial charge < -0.3 is 5.11 Å². The lowest BCUT2D eigenvalue weighted by Gasteiger charge is -2.42. The molecule has 17 heavy (non-hydrogen) atoms. The fourth-order valence-electron chi connectivity index (χ4n) is 4.23. The van der Waals surface area contributed by atoms with Crippen LogP contribution in [-0.4, -0.2) is 10.7 Å². The van der Waals surface area contributed by atoms with Crippen molar-refractivity contribution in [3.63, 3.8) is 0 Å². The van der Waals surface area contributed by atoms with Crippen LogP contribution in [-0.2, 0) is 0 Å². The van der Waals surface area contributed by atoms with Gasteiger partial charge in [0.25, 0.3) is 0 Å². The smallest absolute Gasteiger partial charge is 0.0620 e. The van der Waals surface area contributed by atoms with Gasteiger partial charge >= 0.3 is 0 Å². The third-order valence-electron chi connectivity index (χ3n) is 5.57. The van der Waals surface area contributed by atoms with Crippen molar-refractivity contribution < 1.29 is 5.11 Å². The van der Waals surface area contributed by atoms with Gasteiger partial charge in [-0.3, -0.25) is 0 Å². The molecule has 0 radical (unpaired) electrons. The summed E-state index contributed by atoms with van der Waals surface area (Å²) < 4.78 is 0. The molecule has 0 aromatic heterocycles. The molecule has 1 heteroatoms. The van der Waals surface area contributed by atoms with Crippen molar-refractivity contribution in [2.75, 3.05) is 0 Å². The summed E-state index contributed by atoms with van der Waals surface area (Å²) in [6, 6.07) is 0. The van der Waals surface area contributed by atoms with Crippen molar-refractivity contribution in [2.24, 2.45) is 17.3 Å². The van der Waals surface area contributed by atoms with Gasteiger partial charge in [0.15, 0.2) is 0 Å². The van der Waals surface area contributed by atoms with Gasteiger partial charge in [-0.2, -0.15) is 0 Å². The molecule has 1 N–H and O–H groups in total. The van der Waals surface area contributed by atoms with Crippen LogP contribution in [0.25, 0.3) is 0 Å². The minimum Gasteiger partial charge on any atom is -0.390 e. The van der Waals surface area contributed by atoms with Crippen molar-refractivity contribution in [3.05, 3.63) is 0 Å². The van der Waals surface area contributed by atoms with Crippen LogP contribution >= 0.6 is 0 Å². The quantitative estimate of drug-likeness (QED) is 0.711. The van der Waals surface area contributed by atoms with E-state index in [1.54, 1.807) is 0 Å². The van der Waals surface area contributed by atoms with Gasteiger partial charge in [0.05, 0.1) is 5.60 Å². The molecule has 0 spiro atoms. The molecular weight excluding hydrogens is 208 g/mol. The van der Waals surface area contributed by atoms with E-state index in [0.717, 1.165) is 24.7 Å². The van der Waals surface area contributed by atoms with Gasteiger partial charge in [-0.15, -0.1) is 0 Å². The van der Waals surface area contributed by atoms with Gasteiger partial charge in [0, 0.05) is 0 Å². The first-order chi connectivity index (χ1) is 7.91. The topological polar surface area (TPSA) is 20.2 Å². The standard InChI is InChI=1S/C16H30O/c1-13-8-9-16(3,17)11-10-15(2,12-13)14-6-4-5-7-14/h13-14,17H,4-12H2,1-3H3. The lowest BCUT2D eigenvalue weighted by atomic mass is 9.64. The Morgan fingerprint density at radius 3 is 2.24 bits per heavy atom. The van der Waals surface area contributed by atoms with E-state index in [4.69, 9.17) is 0 Å². The average Bonchev–Trinajstić information content (AvgIpc) is 2.77. The van der Waals surface area contributed by atoms with Crippen LogP contribution in [0.2, 0.25) is 0 Å². The van der Waals surface area contributed by atoms with Gasteiger partial charge in [-0.1, -0.05) is 26.7 Å². The maximum absolute atomic E-state index is 10.4. The summed E-state index contributed by atoms with van der Waals surface area (Å²) in [5, 5.41) is 10.4. The van der Waals surface area contributed by atoms with Crippen LogP contribution in [0.1, 0.15) is 78.6 Å². The molecule has 2 aliphatic rings. The number of aliphatic hydroxyl groups is 1. The van der Waals surface area contributed by atoms with E-state index < -0.39 is 5.60 Å². The molecule has 0 saturated heterocycles. The Labute approximate surface area is 107 Å². The second kappa shape index (κ2) is 4.91. The van der Waals surface area contributed by atoms with Crippen LogP contribution in [0.5, 0.6) is 0 Å². The van der Waals surface area contributed by atoms with Crippen molar-refractivity contribution in [1.82, 2.24) is 0 Å². The van der Waals surface area contributed by atoms with E-state index in [0.29, 0.717) is 5.41 Å². The summed E-state index contributed by atoms with van der Waals surface area (Å²) in [5.41, 5.74) is 0.0921. The SMILES string of the molecule is CC1CCC(C)(O)CCC(C)(C2CCCC2)C1. The summed E-state index contributed by atoms with van der Waals surface area (Å²) in [6.45, 7) is 6.93. The molecular formula is C16H30O. The predicted molar refractivity (Wildman–Crippen MR) is 72.9 cm³/mol. The Morgan fingerprint density at radius 1 is 0.941 bits per heavy atom. The molecule has 1 nitrogen and oxygen atoms in total. The van der Waals surface area contributed by atoms with Gasteiger partial charge in [-0.25, -0.2) is 0 Å². The van der Waals surface area contributed by atoms with E-state index in [-0.39, 0.29) is 0 Å². The fraction of sp³-hybridized carbons (Fsp3) is 1.00. The van der Waals surface area contributed by atoms with Crippen molar-refractivity contribution in [3.8, 4) is 0 Å². The first-order valence-electron chi connectivity index (χ1n) is 7.64. The minimum atomic E-state index is -0.408. The highest BCUT2D eigenvalue weighted by Crippen LogP contribution is 2.49. The zero-order valence-electron chi connectivity index (χ0n) is 12.0. The second-order valence-electron chi connectivity index (χ2n) is 7.48.